The smallest absolute Gasteiger partial charge is 0.263 e. The molecule has 0 bridgehead atoms. The van der Waals surface area contributed by atoms with Crippen LogP contribution in [-0.4, -0.2) is 45.6 Å². The highest BCUT2D eigenvalue weighted by atomic mass is 35.5. The van der Waals surface area contributed by atoms with Crippen LogP contribution >= 0.6 is 35.0 Å². The van der Waals surface area contributed by atoms with Crippen molar-refractivity contribution < 1.29 is 14.6 Å². The number of rotatable bonds is 9. The Kier molecular flexibility index (Phi) is 6.94. The third kappa shape index (κ3) is 5.68. The molecule has 1 aromatic rings. The number of aliphatic hydroxyl groups is 1. The summed E-state index contributed by atoms with van der Waals surface area (Å²) in [5.74, 6) is 1.38. The standard InChI is InChI=1S/C18H25Cl2NO3S/c1-17(2,16(23)21-13(11-22)8-9-25-3)24-14-6-4-12(5-7-14)15-10-18(15,19)20/h4-7,13,15,22H,8-11H2,1-3H3,(H,21,23)/t13-,15+/m1/s1. The molecule has 2 N–H and O–H groups in total. The van der Waals surface area contributed by atoms with E-state index >= 15 is 0 Å². The highest BCUT2D eigenvalue weighted by Gasteiger charge is 2.52. The van der Waals surface area contributed by atoms with Gasteiger partial charge in [-0.1, -0.05) is 12.1 Å². The molecule has 0 radical (unpaired) electrons. The van der Waals surface area contributed by atoms with Gasteiger partial charge >= 0.3 is 0 Å². The lowest BCUT2D eigenvalue weighted by molar-refractivity contribution is -0.135. The zero-order chi connectivity index (χ0) is 18.7. The molecule has 1 aromatic carbocycles. The number of thioether (sulfide) groups is 1. The third-order valence-corrected chi connectivity index (χ3v) is 5.73. The number of carbonyl (C=O) groups excluding carboxylic acids is 1. The Morgan fingerprint density at radius 1 is 1.44 bits per heavy atom. The van der Waals surface area contributed by atoms with E-state index in [1.807, 2.05) is 30.5 Å². The van der Waals surface area contributed by atoms with Crippen LogP contribution in [0.25, 0.3) is 0 Å². The molecule has 1 saturated carbocycles. The van der Waals surface area contributed by atoms with E-state index in [0.717, 1.165) is 17.7 Å². The average Bonchev–Trinajstić information content (AvgIpc) is 3.20. The first-order chi connectivity index (χ1) is 11.7. The van der Waals surface area contributed by atoms with Gasteiger partial charge in [0.05, 0.1) is 12.6 Å². The van der Waals surface area contributed by atoms with Gasteiger partial charge in [0.15, 0.2) is 5.60 Å². The molecule has 0 aliphatic heterocycles. The Morgan fingerprint density at radius 3 is 2.52 bits per heavy atom. The van der Waals surface area contributed by atoms with Crippen LogP contribution in [0.5, 0.6) is 5.75 Å². The van der Waals surface area contributed by atoms with Crippen LogP contribution in [0, 0.1) is 0 Å². The first-order valence-corrected chi connectivity index (χ1v) is 10.4. The van der Waals surface area contributed by atoms with Crippen molar-refractivity contribution in [2.24, 2.45) is 0 Å². The van der Waals surface area contributed by atoms with Crippen LogP contribution in [0.2, 0.25) is 0 Å². The molecule has 1 aliphatic carbocycles. The molecule has 0 spiro atoms. The number of carbonyl (C=O) groups is 1. The van der Waals surface area contributed by atoms with Crippen molar-refractivity contribution in [3.8, 4) is 5.75 Å². The van der Waals surface area contributed by atoms with E-state index in [-0.39, 0.29) is 24.5 Å². The monoisotopic (exact) mass is 405 g/mol. The fraction of sp³-hybridized carbons (Fsp3) is 0.611. The second-order valence-corrected chi connectivity index (χ2v) is 9.36. The lowest BCUT2D eigenvalue weighted by atomic mass is 10.1. The van der Waals surface area contributed by atoms with Gasteiger partial charge < -0.3 is 15.2 Å². The number of hydrogen-bond acceptors (Lipinski definition) is 4. The Hall–Kier alpha value is -0.620. The summed E-state index contributed by atoms with van der Waals surface area (Å²) >= 11 is 13.9. The van der Waals surface area contributed by atoms with Crippen molar-refractivity contribution in [3.63, 3.8) is 0 Å². The van der Waals surface area contributed by atoms with Gasteiger partial charge in [0.2, 0.25) is 0 Å². The van der Waals surface area contributed by atoms with Gasteiger partial charge in [-0.25, -0.2) is 0 Å². The number of ether oxygens (including phenoxy) is 1. The quantitative estimate of drug-likeness (QED) is 0.614. The maximum Gasteiger partial charge on any atom is 0.263 e. The Labute approximate surface area is 163 Å². The van der Waals surface area contributed by atoms with Crippen molar-refractivity contribution in [2.75, 3.05) is 18.6 Å². The summed E-state index contributed by atoms with van der Waals surface area (Å²) in [4.78, 5) is 12.5. The van der Waals surface area contributed by atoms with Crippen LogP contribution in [0.1, 0.15) is 38.2 Å². The molecule has 1 fully saturated rings. The molecule has 0 unspecified atom stereocenters. The van der Waals surface area contributed by atoms with Crippen LogP contribution in [0.3, 0.4) is 0 Å². The minimum Gasteiger partial charge on any atom is -0.478 e. The molecule has 2 rings (SSSR count). The number of nitrogens with one attached hydrogen (secondary N) is 1. The van der Waals surface area contributed by atoms with Crippen LogP contribution in [-0.2, 0) is 4.79 Å². The van der Waals surface area contributed by atoms with E-state index in [0.29, 0.717) is 12.2 Å². The molecule has 140 valence electrons. The van der Waals surface area contributed by atoms with E-state index in [4.69, 9.17) is 27.9 Å². The molecule has 2 atom stereocenters. The predicted octanol–water partition coefficient (Wildman–Crippen LogP) is 3.74. The number of aliphatic hydroxyl groups excluding tert-OH is 1. The zero-order valence-corrected chi connectivity index (χ0v) is 17.0. The molecule has 1 amide bonds. The summed E-state index contributed by atoms with van der Waals surface area (Å²) in [6.45, 7) is 3.34. The van der Waals surface area contributed by atoms with Crippen molar-refractivity contribution >= 4 is 40.9 Å². The van der Waals surface area contributed by atoms with E-state index in [1.165, 1.54) is 0 Å². The molecule has 1 aliphatic rings. The number of hydrogen-bond donors (Lipinski definition) is 2. The van der Waals surface area contributed by atoms with Gasteiger partial charge in [0.1, 0.15) is 10.1 Å². The highest BCUT2D eigenvalue weighted by Crippen LogP contribution is 2.59. The molecular weight excluding hydrogens is 381 g/mol. The second kappa shape index (κ2) is 8.38. The summed E-state index contributed by atoms with van der Waals surface area (Å²) in [6.07, 6.45) is 3.46. The summed E-state index contributed by atoms with van der Waals surface area (Å²) < 4.78 is 5.20. The minimum absolute atomic E-state index is 0.0862. The van der Waals surface area contributed by atoms with Gasteiger partial charge in [-0.3, -0.25) is 4.79 Å². The first kappa shape index (κ1) is 20.7. The van der Waals surface area contributed by atoms with Crippen LogP contribution < -0.4 is 10.1 Å². The number of benzene rings is 1. The maximum atomic E-state index is 12.5. The van der Waals surface area contributed by atoms with Gasteiger partial charge in [-0.2, -0.15) is 11.8 Å². The Bertz CT molecular complexity index is 592. The largest absolute Gasteiger partial charge is 0.478 e. The van der Waals surface area contributed by atoms with Gasteiger partial charge in [0.25, 0.3) is 5.91 Å². The van der Waals surface area contributed by atoms with Gasteiger partial charge in [-0.15, -0.1) is 23.2 Å². The van der Waals surface area contributed by atoms with Crippen molar-refractivity contribution in [1.29, 1.82) is 0 Å². The normalized spacial score (nSPS) is 20.0. The zero-order valence-electron chi connectivity index (χ0n) is 14.7. The summed E-state index contributed by atoms with van der Waals surface area (Å²) in [7, 11) is 0. The Balaban J connectivity index is 1.94. The second-order valence-electron chi connectivity index (χ2n) is 6.83. The first-order valence-electron chi connectivity index (χ1n) is 8.27. The van der Waals surface area contributed by atoms with E-state index < -0.39 is 9.93 Å². The summed E-state index contributed by atoms with van der Waals surface area (Å²) in [5, 5.41) is 12.3. The number of alkyl halides is 2. The predicted molar refractivity (Wildman–Crippen MR) is 105 cm³/mol. The molecule has 0 aromatic heterocycles. The van der Waals surface area contributed by atoms with E-state index in [1.54, 1.807) is 25.6 Å². The van der Waals surface area contributed by atoms with Gasteiger partial charge in [-0.05, 0) is 56.4 Å². The average molecular weight is 406 g/mol. The SMILES string of the molecule is CSCC[C@H](CO)NC(=O)C(C)(C)Oc1ccc([C@@H]2CC2(Cl)Cl)cc1. The fourth-order valence-corrected chi connectivity index (χ4v) is 3.59. The lowest BCUT2D eigenvalue weighted by Gasteiger charge is -2.28. The number of halogens is 2. The van der Waals surface area contributed by atoms with E-state index in [9.17, 15) is 9.90 Å². The molecule has 25 heavy (non-hydrogen) atoms. The molecule has 7 heteroatoms. The third-order valence-electron chi connectivity index (χ3n) is 4.25. The Morgan fingerprint density at radius 2 is 2.04 bits per heavy atom. The number of amides is 1. The van der Waals surface area contributed by atoms with Crippen LogP contribution in [0.4, 0.5) is 0 Å². The van der Waals surface area contributed by atoms with Crippen molar-refractivity contribution in [3.05, 3.63) is 29.8 Å². The highest BCUT2D eigenvalue weighted by molar-refractivity contribution is 7.98. The molecule has 0 heterocycles. The summed E-state index contributed by atoms with van der Waals surface area (Å²) in [5.41, 5.74) is 0.0216. The molecule has 4 nitrogen and oxygen atoms in total. The summed E-state index contributed by atoms with van der Waals surface area (Å²) in [6, 6.07) is 7.24. The van der Waals surface area contributed by atoms with Crippen molar-refractivity contribution in [2.45, 2.75) is 48.6 Å². The molecular formula is C18H25Cl2NO3S. The minimum atomic E-state index is -1.05. The fourth-order valence-electron chi connectivity index (χ4n) is 2.51. The van der Waals surface area contributed by atoms with Crippen LogP contribution in [0.15, 0.2) is 24.3 Å². The molecule has 0 saturated heterocycles. The van der Waals surface area contributed by atoms with Gasteiger partial charge in [0, 0.05) is 5.92 Å². The lowest BCUT2D eigenvalue weighted by Crippen LogP contribution is -2.51. The van der Waals surface area contributed by atoms with Crippen molar-refractivity contribution in [1.82, 2.24) is 5.32 Å². The topological polar surface area (TPSA) is 58.6 Å². The van der Waals surface area contributed by atoms with E-state index in [2.05, 4.69) is 5.32 Å². The maximum absolute atomic E-state index is 12.5.